The normalized spacial score (nSPS) is 13.6. The molecule has 6 nitrogen and oxygen atoms in total. The number of nitrogens with zero attached hydrogens (tertiary/aromatic N) is 2. The summed E-state index contributed by atoms with van der Waals surface area (Å²) in [4.78, 5) is 26.5. The highest BCUT2D eigenvalue weighted by atomic mass is 16.2. The van der Waals surface area contributed by atoms with Gasteiger partial charge >= 0.3 is 0 Å². The van der Waals surface area contributed by atoms with Gasteiger partial charge in [-0.05, 0) is 67.3 Å². The van der Waals surface area contributed by atoms with Gasteiger partial charge in [-0.1, -0.05) is 24.3 Å². The van der Waals surface area contributed by atoms with E-state index in [9.17, 15) is 9.59 Å². The third-order valence-electron chi connectivity index (χ3n) is 6.76. The van der Waals surface area contributed by atoms with E-state index in [0.29, 0.717) is 24.3 Å². The molecule has 0 unspecified atom stereocenters. The average molecular weight is 469 g/mol. The van der Waals surface area contributed by atoms with E-state index in [1.165, 1.54) is 34.3 Å². The Morgan fingerprint density at radius 3 is 2.37 bits per heavy atom. The molecule has 2 amide bonds. The topological polar surface area (TPSA) is 66.4 Å². The smallest absolute Gasteiger partial charge is 0.253 e. The standard InChI is InChI=1S/C29H32N4O2/c1-3-33-27-9-5-4-8-25(27)26-16-21(10-11-28(26)33)18-30-19-22-14-23(17-24(15-22)31-20(2)34)29(35)32-12-6-7-13-32/h4-5,8-11,14-17,30H,3,6-7,12-13,18-19H2,1-2H3,(H,31,34). The van der Waals surface area contributed by atoms with Crippen LogP contribution in [0.5, 0.6) is 0 Å². The number of anilines is 1. The van der Waals surface area contributed by atoms with Crippen LogP contribution >= 0.6 is 0 Å². The number of nitrogens with one attached hydrogen (secondary N) is 2. The monoisotopic (exact) mass is 468 g/mol. The molecule has 6 heteroatoms. The van der Waals surface area contributed by atoms with Crippen LogP contribution in [0.15, 0.2) is 60.7 Å². The van der Waals surface area contributed by atoms with E-state index in [4.69, 9.17) is 0 Å². The van der Waals surface area contributed by atoms with Crippen molar-refractivity contribution in [2.75, 3.05) is 18.4 Å². The van der Waals surface area contributed by atoms with Gasteiger partial charge in [0.1, 0.15) is 0 Å². The number of fused-ring (bicyclic) bond motifs is 3. The predicted octanol–water partition coefficient (Wildman–Crippen LogP) is 5.30. The molecule has 4 aromatic rings. The summed E-state index contributed by atoms with van der Waals surface area (Å²) in [5, 5.41) is 8.92. The number of hydrogen-bond donors (Lipinski definition) is 2. The van der Waals surface area contributed by atoms with E-state index < -0.39 is 0 Å². The van der Waals surface area contributed by atoms with Gasteiger partial charge in [-0.3, -0.25) is 9.59 Å². The quantitative estimate of drug-likeness (QED) is 0.387. The molecule has 2 N–H and O–H groups in total. The maximum Gasteiger partial charge on any atom is 0.253 e. The minimum atomic E-state index is -0.144. The second-order valence-corrected chi connectivity index (χ2v) is 9.32. The SMILES string of the molecule is CCn1c2ccccc2c2cc(CNCc3cc(NC(C)=O)cc(C(=O)N4CCCC4)c3)ccc21. The van der Waals surface area contributed by atoms with Crippen molar-refractivity contribution in [1.29, 1.82) is 0 Å². The fourth-order valence-corrected chi connectivity index (χ4v) is 5.20. The van der Waals surface area contributed by atoms with Gasteiger partial charge in [0.2, 0.25) is 5.91 Å². The molecule has 35 heavy (non-hydrogen) atoms. The Labute approximate surface area is 205 Å². The zero-order valence-electron chi connectivity index (χ0n) is 20.4. The summed E-state index contributed by atoms with van der Waals surface area (Å²) in [5.41, 5.74) is 5.99. The minimum Gasteiger partial charge on any atom is -0.341 e. The van der Waals surface area contributed by atoms with Crippen molar-refractivity contribution in [1.82, 2.24) is 14.8 Å². The van der Waals surface area contributed by atoms with Crippen molar-refractivity contribution in [2.24, 2.45) is 0 Å². The first-order valence-electron chi connectivity index (χ1n) is 12.4. The van der Waals surface area contributed by atoms with Crippen LogP contribution in [0, 0.1) is 0 Å². The van der Waals surface area contributed by atoms with Gasteiger partial charge in [-0.2, -0.15) is 0 Å². The maximum atomic E-state index is 13.0. The minimum absolute atomic E-state index is 0.0358. The fourth-order valence-electron chi connectivity index (χ4n) is 5.20. The van der Waals surface area contributed by atoms with E-state index in [-0.39, 0.29) is 11.8 Å². The van der Waals surface area contributed by atoms with Crippen molar-refractivity contribution in [3.8, 4) is 0 Å². The number of aromatic nitrogens is 1. The van der Waals surface area contributed by atoms with Gasteiger partial charge in [-0.25, -0.2) is 0 Å². The molecule has 2 heterocycles. The van der Waals surface area contributed by atoms with Gasteiger partial charge in [0.05, 0.1) is 0 Å². The lowest BCUT2D eigenvalue weighted by atomic mass is 10.1. The summed E-state index contributed by atoms with van der Waals surface area (Å²) in [6.45, 7) is 7.51. The summed E-state index contributed by atoms with van der Waals surface area (Å²) in [5.74, 6) is -0.108. The summed E-state index contributed by atoms with van der Waals surface area (Å²) < 4.78 is 2.36. The van der Waals surface area contributed by atoms with Gasteiger partial charge in [0, 0.05) is 72.7 Å². The van der Waals surface area contributed by atoms with Gasteiger partial charge in [-0.15, -0.1) is 0 Å². The maximum absolute atomic E-state index is 13.0. The molecule has 0 atom stereocenters. The lowest BCUT2D eigenvalue weighted by molar-refractivity contribution is -0.114. The van der Waals surface area contributed by atoms with E-state index >= 15 is 0 Å². The highest BCUT2D eigenvalue weighted by Gasteiger charge is 2.20. The van der Waals surface area contributed by atoms with Gasteiger partial charge < -0.3 is 20.1 Å². The van der Waals surface area contributed by atoms with Gasteiger partial charge in [0.15, 0.2) is 0 Å². The first-order valence-corrected chi connectivity index (χ1v) is 12.4. The van der Waals surface area contributed by atoms with E-state index in [0.717, 1.165) is 38.0 Å². The van der Waals surface area contributed by atoms with Crippen LogP contribution in [0.1, 0.15) is 48.2 Å². The number of amides is 2. The van der Waals surface area contributed by atoms with Crippen molar-refractivity contribution < 1.29 is 9.59 Å². The molecule has 5 rings (SSSR count). The molecule has 0 bridgehead atoms. The fraction of sp³-hybridized carbons (Fsp3) is 0.310. The molecule has 1 aliphatic heterocycles. The lowest BCUT2D eigenvalue weighted by Gasteiger charge is -2.17. The van der Waals surface area contributed by atoms with Gasteiger partial charge in [0.25, 0.3) is 5.91 Å². The molecule has 0 spiro atoms. The Kier molecular flexibility index (Phi) is 6.55. The first-order chi connectivity index (χ1) is 17.0. The van der Waals surface area contributed by atoms with Crippen LogP contribution in [0.3, 0.4) is 0 Å². The zero-order valence-corrected chi connectivity index (χ0v) is 20.4. The molecule has 0 radical (unpaired) electrons. The molecule has 0 saturated carbocycles. The lowest BCUT2D eigenvalue weighted by Crippen LogP contribution is -2.28. The Bertz CT molecular complexity index is 1400. The second-order valence-electron chi connectivity index (χ2n) is 9.32. The van der Waals surface area contributed by atoms with Crippen molar-refractivity contribution in [3.63, 3.8) is 0 Å². The largest absolute Gasteiger partial charge is 0.341 e. The number of benzene rings is 3. The summed E-state index contributed by atoms with van der Waals surface area (Å²) >= 11 is 0. The van der Waals surface area contributed by atoms with Crippen LogP contribution in [-0.2, 0) is 24.4 Å². The highest BCUT2D eigenvalue weighted by Crippen LogP contribution is 2.29. The molecule has 0 aliphatic carbocycles. The predicted molar refractivity (Wildman–Crippen MR) is 142 cm³/mol. The van der Waals surface area contributed by atoms with Crippen molar-refractivity contribution >= 4 is 39.3 Å². The molecular weight excluding hydrogens is 436 g/mol. The Balaban J connectivity index is 1.35. The molecular formula is C29H32N4O2. The van der Waals surface area contributed by atoms with Crippen LogP contribution in [-0.4, -0.2) is 34.4 Å². The first kappa shape index (κ1) is 23.1. The summed E-state index contributed by atoms with van der Waals surface area (Å²) in [7, 11) is 0. The van der Waals surface area contributed by atoms with Crippen LogP contribution in [0.25, 0.3) is 21.8 Å². The van der Waals surface area contributed by atoms with Crippen LogP contribution in [0.4, 0.5) is 5.69 Å². The Morgan fingerprint density at radius 1 is 0.857 bits per heavy atom. The van der Waals surface area contributed by atoms with Crippen LogP contribution < -0.4 is 10.6 Å². The Hall–Kier alpha value is -3.64. The number of carbonyl (C=O) groups is 2. The van der Waals surface area contributed by atoms with Crippen molar-refractivity contribution in [2.45, 2.75) is 46.3 Å². The number of para-hydroxylation sites is 1. The number of rotatable bonds is 7. The number of aryl methyl sites for hydroxylation is 1. The molecule has 1 aromatic heterocycles. The van der Waals surface area contributed by atoms with E-state index in [1.54, 1.807) is 6.07 Å². The van der Waals surface area contributed by atoms with E-state index in [2.05, 4.69) is 64.6 Å². The summed E-state index contributed by atoms with van der Waals surface area (Å²) in [6, 6.07) is 20.9. The molecule has 1 fully saturated rings. The zero-order chi connectivity index (χ0) is 24.4. The van der Waals surface area contributed by atoms with Crippen molar-refractivity contribution in [3.05, 3.63) is 77.4 Å². The van der Waals surface area contributed by atoms with Crippen LogP contribution in [0.2, 0.25) is 0 Å². The average Bonchev–Trinajstić information content (AvgIpc) is 3.49. The molecule has 1 aliphatic rings. The van der Waals surface area contributed by atoms with E-state index in [1.807, 2.05) is 17.0 Å². The number of likely N-dealkylation sites (tertiary alicyclic amines) is 1. The molecule has 3 aromatic carbocycles. The molecule has 1 saturated heterocycles. The highest BCUT2D eigenvalue weighted by molar-refractivity contribution is 6.08. The number of carbonyl (C=O) groups excluding carboxylic acids is 2. The third-order valence-corrected chi connectivity index (χ3v) is 6.76. The number of hydrogen-bond acceptors (Lipinski definition) is 3. The Morgan fingerprint density at radius 2 is 1.60 bits per heavy atom. The summed E-state index contributed by atoms with van der Waals surface area (Å²) in [6.07, 6.45) is 2.10. The second kappa shape index (κ2) is 9.92. The molecule has 180 valence electrons. The third kappa shape index (κ3) is 4.80.